The van der Waals surface area contributed by atoms with Crippen LogP contribution in [-0.2, 0) is 28.6 Å². The smallest absolute Gasteiger partial charge is 0.306 e. The first kappa shape index (κ1) is 60.4. The van der Waals surface area contributed by atoms with Gasteiger partial charge in [-0.05, 0) is 19.3 Å². The van der Waals surface area contributed by atoms with Crippen LogP contribution in [0.3, 0.4) is 0 Å². The molecule has 0 aliphatic rings. The van der Waals surface area contributed by atoms with Crippen LogP contribution in [0.15, 0.2) is 0 Å². The van der Waals surface area contributed by atoms with Gasteiger partial charge >= 0.3 is 17.9 Å². The van der Waals surface area contributed by atoms with E-state index in [9.17, 15) is 14.4 Å². The van der Waals surface area contributed by atoms with E-state index in [2.05, 4.69) is 20.8 Å². The van der Waals surface area contributed by atoms with Gasteiger partial charge in [-0.25, -0.2) is 0 Å². The third-order valence-electron chi connectivity index (χ3n) is 12.9. The predicted molar refractivity (Wildman–Crippen MR) is 266 cm³/mol. The van der Waals surface area contributed by atoms with Crippen molar-refractivity contribution in [1.82, 2.24) is 0 Å². The zero-order chi connectivity index (χ0) is 45.1. The number of hydrogen-bond donors (Lipinski definition) is 0. The standard InChI is InChI=1S/C56H108O6/c1-4-7-10-13-16-19-21-23-25-27-28-29-31-33-35-38-41-44-47-50-56(59)62-53(51-60-54(57)48-45-42-39-36-18-15-12-9-6-3)52-61-55(58)49-46-43-40-37-34-32-30-26-24-22-20-17-14-11-8-5-2/h53H,4-52H2,1-3H3/t53-/m0/s1. The van der Waals surface area contributed by atoms with E-state index in [-0.39, 0.29) is 31.1 Å². The van der Waals surface area contributed by atoms with E-state index in [0.29, 0.717) is 19.3 Å². The third kappa shape index (κ3) is 49.4. The fourth-order valence-corrected chi connectivity index (χ4v) is 8.62. The van der Waals surface area contributed by atoms with Gasteiger partial charge in [0.25, 0.3) is 0 Å². The molecule has 0 aromatic carbocycles. The highest BCUT2D eigenvalue weighted by Crippen LogP contribution is 2.17. The number of carbonyl (C=O) groups is 3. The summed E-state index contributed by atoms with van der Waals surface area (Å²) in [6.45, 7) is 6.68. The van der Waals surface area contributed by atoms with Crippen LogP contribution < -0.4 is 0 Å². The zero-order valence-corrected chi connectivity index (χ0v) is 42.2. The zero-order valence-electron chi connectivity index (χ0n) is 42.2. The summed E-state index contributed by atoms with van der Waals surface area (Å²) in [5, 5.41) is 0. The highest BCUT2D eigenvalue weighted by molar-refractivity contribution is 5.71. The third-order valence-corrected chi connectivity index (χ3v) is 12.9. The molecule has 0 amide bonds. The summed E-state index contributed by atoms with van der Waals surface area (Å²) in [7, 11) is 0. The van der Waals surface area contributed by atoms with Crippen LogP contribution in [0.25, 0.3) is 0 Å². The van der Waals surface area contributed by atoms with Crippen molar-refractivity contribution in [3.8, 4) is 0 Å². The summed E-state index contributed by atoms with van der Waals surface area (Å²) in [6.07, 6.45) is 56.7. The second kappa shape index (κ2) is 52.0. The van der Waals surface area contributed by atoms with Crippen LogP contribution in [0.4, 0.5) is 0 Å². The van der Waals surface area contributed by atoms with Crippen LogP contribution in [0.1, 0.15) is 323 Å². The predicted octanol–water partition coefficient (Wildman–Crippen LogP) is 18.4. The molecule has 6 heteroatoms. The van der Waals surface area contributed by atoms with Gasteiger partial charge in [0, 0.05) is 19.3 Å². The van der Waals surface area contributed by atoms with Gasteiger partial charge in [-0.2, -0.15) is 0 Å². The molecule has 0 heterocycles. The van der Waals surface area contributed by atoms with E-state index in [4.69, 9.17) is 14.2 Å². The summed E-state index contributed by atoms with van der Waals surface area (Å²) < 4.78 is 16.8. The Balaban J connectivity index is 4.21. The van der Waals surface area contributed by atoms with Crippen molar-refractivity contribution in [2.75, 3.05) is 13.2 Å². The number of unbranched alkanes of at least 4 members (excludes halogenated alkanes) is 41. The van der Waals surface area contributed by atoms with Crippen LogP contribution in [0.2, 0.25) is 0 Å². The van der Waals surface area contributed by atoms with Gasteiger partial charge in [0.2, 0.25) is 0 Å². The molecule has 0 bridgehead atoms. The van der Waals surface area contributed by atoms with Crippen LogP contribution in [0.5, 0.6) is 0 Å². The number of rotatable bonds is 52. The van der Waals surface area contributed by atoms with Crippen LogP contribution in [0, 0.1) is 0 Å². The fraction of sp³-hybridized carbons (Fsp3) is 0.946. The van der Waals surface area contributed by atoms with Gasteiger partial charge in [0.1, 0.15) is 13.2 Å². The molecule has 6 nitrogen and oxygen atoms in total. The van der Waals surface area contributed by atoms with E-state index in [1.54, 1.807) is 0 Å². The molecule has 0 aromatic rings. The largest absolute Gasteiger partial charge is 0.462 e. The number of esters is 3. The Morgan fingerprint density at radius 1 is 0.258 bits per heavy atom. The Morgan fingerprint density at radius 3 is 0.645 bits per heavy atom. The Bertz CT molecular complexity index is 920. The first-order valence-electron chi connectivity index (χ1n) is 28.0. The average Bonchev–Trinajstić information content (AvgIpc) is 3.27. The van der Waals surface area contributed by atoms with Crippen LogP contribution >= 0.6 is 0 Å². The molecule has 0 unspecified atom stereocenters. The van der Waals surface area contributed by atoms with Crippen molar-refractivity contribution < 1.29 is 28.6 Å². The number of hydrogen-bond acceptors (Lipinski definition) is 6. The molecular weight excluding hydrogens is 769 g/mol. The van der Waals surface area contributed by atoms with E-state index in [1.165, 1.54) is 225 Å². The van der Waals surface area contributed by atoms with Crippen molar-refractivity contribution in [2.45, 2.75) is 329 Å². The van der Waals surface area contributed by atoms with E-state index < -0.39 is 6.10 Å². The van der Waals surface area contributed by atoms with Crippen molar-refractivity contribution >= 4 is 17.9 Å². The monoisotopic (exact) mass is 877 g/mol. The van der Waals surface area contributed by atoms with Crippen molar-refractivity contribution in [2.24, 2.45) is 0 Å². The SMILES string of the molecule is CCCCCCCCCCCCCCCCCCCCCC(=O)O[C@@H](COC(=O)CCCCCCCCCCC)COC(=O)CCCCCCCCCCCCCCCCCC. The molecule has 0 spiro atoms. The number of carbonyl (C=O) groups excluding carboxylic acids is 3. The Kier molecular flexibility index (Phi) is 50.7. The Hall–Kier alpha value is -1.59. The summed E-state index contributed by atoms with van der Waals surface area (Å²) in [4.78, 5) is 38.0. The second-order valence-corrected chi connectivity index (χ2v) is 19.2. The Labute approximate surface area is 387 Å². The minimum Gasteiger partial charge on any atom is -0.462 e. The molecule has 0 radical (unpaired) electrons. The lowest BCUT2D eigenvalue weighted by Crippen LogP contribution is -2.30. The summed E-state index contributed by atoms with van der Waals surface area (Å²) in [5.41, 5.74) is 0. The van der Waals surface area contributed by atoms with E-state index in [0.717, 1.165) is 57.8 Å². The van der Waals surface area contributed by atoms with Crippen molar-refractivity contribution in [1.29, 1.82) is 0 Å². The second-order valence-electron chi connectivity index (χ2n) is 19.2. The summed E-state index contributed by atoms with van der Waals surface area (Å²) in [5.74, 6) is -0.839. The molecule has 0 rings (SSSR count). The topological polar surface area (TPSA) is 78.9 Å². The molecule has 0 saturated carbocycles. The van der Waals surface area contributed by atoms with Gasteiger partial charge in [-0.1, -0.05) is 284 Å². The molecule has 0 aliphatic heterocycles. The summed E-state index contributed by atoms with van der Waals surface area (Å²) >= 11 is 0. The minimum atomic E-state index is -0.760. The fourth-order valence-electron chi connectivity index (χ4n) is 8.62. The first-order chi connectivity index (χ1) is 30.5. The van der Waals surface area contributed by atoms with E-state index in [1.807, 2.05) is 0 Å². The van der Waals surface area contributed by atoms with Crippen molar-refractivity contribution in [3.05, 3.63) is 0 Å². The molecule has 0 N–H and O–H groups in total. The lowest BCUT2D eigenvalue weighted by Gasteiger charge is -2.18. The maximum Gasteiger partial charge on any atom is 0.306 e. The number of ether oxygens (including phenoxy) is 3. The molecule has 0 aliphatic carbocycles. The average molecular weight is 877 g/mol. The quantitative estimate of drug-likeness (QED) is 0.0344. The highest BCUT2D eigenvalue weighted by atomic mass is 16.6. The molecular formula is C56H108O6. The molecule has 368 valence electrons. The highest BCUT2D eigenvalue weighted by Gasteiger charge is 2.19. The van der Waals surface area contributed by atoms with Crippen LogP contribution in [-0.4, -0.2) is 37.2 Å². The molecule has 0 saturated heterocycles. The molecule has 0 fully saturated rings. The summed E-state index contributed by atoms with van der Waals surface area (Å²) in [6, 6.07) is 0. The van der Waals surface area contributed by atoms with Gasteiger partial charge in [-0.3, -0.25) is 14.4 Å². The first-order valence-corrected chi connectivity index (χ1v) is 28.0. The Morgan fingerprint density at radius 2 is 0.435 bits per heavy atom. The van der Waals surface area contributed by atoms with Crippen molar-refractivity contribution in [3.63, 3.8) is 0 Å². The maximum absolute atomic E-state index is 12.8. The van der Waals surface area contributed by atoms with Gasteiger partial charge in [0.05, 0.1) is 0 Å². The lowest BCUT2D eigenvalue weighted by molar-refractivity contribution is -0.167. The van der Waals surface area contributed by atoms with Gasteiger partial charge < -0.3 is 14.2 Å². The maximum atomic E-state index is 12.8. The minimum absolute atomic E-state index is 0.0616. The normalized spacial score (nSPS) is 11.9. The molecule has 1 atom stereocenters. The van der Waals surface area contributed by atoms with Gasteiger partial charge in [-0.15, -0.1) is 0 Å². The van der Waals surface area contributed by atoms with E-state index >= 15 is 0 Å². The molecule has 0 aromatic heterocycles. The van der Waals surface area contributed by atoms with Gasteiger partial charge in [0.15, 0.2) is 6.10 Å². The molecule has 62 heavy (non-hydrogen) atoms. The lowest BCUT2D eigenvalue weighted by atomic mass is 10.0.